The number of rotatable bonds is 1. The van der Waals surface area contributed by atoms with Gasteiger partial charge in [-0.2, -0.15) is 5.10 Å². The highest BCUT2D eigenvalue weighted by Crippen LogP contribution is 2.33. The van der Waals surface area contributed by atoms with Crippen molar-refractivity contribution in [3.8, 4) is 0 Å². The molecule has 3 aliphatic heterocycles. The lowest BCUT2D eigenvalue weighted by molar-refractivity contribution is 0.244. The SMILES string of the molecule is Cc1ncn(C2=CN3CCC2CC3)n1.Cl.Cl. The van der Waals surface area contributed by atoms with Gasteiger partial charge in [0.1, 0.15) is 12.2 Å². The molecule has 0 amide bonds. The first-order chi connectivity index (χ1) is 6.83. The largest absolute Gasteiger partial charge is 0.376 e. The molecule has 2 bridgehead atoms. The fourth-order valence-electron chi connectivity index (χ4n) is 2.33. The molecule has 4 heterocycles. The molecule has 0 radical (unpaired) electrons. The Morgan fingerprint density at radius 3 is 2.38 bits per heavy atom. The summed E-state index contributed by atoms with van der Waals surface area (Å²) in [5.74, 6) is 1.54. The first-order valence-corrected chi connectivity index (χ1v) is 5.17. The molecule has 0 unspecified atom stereocenters. The van der Waals surface area contributed by atoms with Crippen LogP contribution in [0.25, 0.3) is 5.70 Å². The minimum Gasteiger partial charge on any atom is -0.376 e. The van der Waals surface area contributed by atoms with Crippen LogP contribution in [-0.2, 0) is 0 Å². The van der Waals surface area contributed by atoms with E-state index in [1.807, 2.05) is 17.9 Å². The van der Waals surface area contributed by atoms with Crippen molar-refractivity contribution in [1.29, 1.82) is 0 Å². The van der Waals surface area contributed by atoms with Gasteiger partial charge in [-0.25, -0.2) is 9.67 Å². The molecule has 1 aromatic rings. The predicted octanol–water partition coefficient (Wildman–Crippen LogP) is 1.95. The molecule has 3 aliphatic rings. The van der Waals surface area contributed by atoms with Crippen molar-refractivity contribution in [2.45, 2.75) is 19.8 Å². The molecule has 90 valence electrons. The number of halogens is 2. The first kappa shape index (κ1) is 13.3. The minimum absolute atomic E-state index is 0. The zero-order valence-electron chi connectivity index (χ0n) is 9.17. The molecule has 0 aliphatic carbocycles. The van der Waals surface area contributed by atoms with Crippen LogP contribution < -0.4 is 0 Å². The Balaban J connectivity index is 0.000000640. The number of piperidine rings is 1. The Morgan fingerprint density at radius 1 is 1.25 bits per heavy atom. The first-order valence-electron chi connectivity index (χ1n) is 5.17. The van der Waals surface area contributed by atoms with E-state index in [9.17, 15) is 0 Å². The van der Waals surface area contributed by atoms with Crippen molar-refractivity contribution in [2.75, 3.05) is 13.1 Å². The van der Waals surface area contributed by atoms with Gasteiger partial charge in [0.25, 0.3) is 0 Å². The fourth-order valence-corrected chi connectivity index (χ4v) is 2.33. The summed E-state index contributed by atoms with van der Waals surface area (Å²) in [5.41, 5.74) is 1.32. The maximum atomic E-state index is 4.36. The average molecular weight is 263 g/mol. The maximum Gasteiger partial charge on any atom is 0.147 e. The van der Waals surface area contributed by atoms with Crippen molar-refractivity contribution in [2.24, 2.45) is 5.92 Å². The van der Waals surface area contributed by atoms with Gasteiger partial charge < -0.3 is 4.90 Å². The van der Waals surface area contributed by atoms with Crippen molar-refractivity contribution in [1.82, 2.24) is 19.7 Å². The molecule has 1 aromatic heterocycles. The van der Waals surface area contributed by atoms with Crippen LogP contribution in [0.15, 0.2) is 12.5 Å². The number of nitrogens with zero attached hydrogens (tertiary/aromatic N) is 4. The van der Waals surface area contributed by atoms with Crippen LogP contribution in [0, 0.1) is 12.8 Å². The smallest absolute Gasteiger partial charge is 0.147 e. The molecular formula is C10H16Cl2N4. The van der Waals surface area contributed by atoms with E-state index in [2.05, 4.69) is 21.2 Å². The van der Waals surface area contributed by atoms with E-state index in [-0.39, 0.29) is 24.8 Å². The summed E-state index contributed by atoms with van der Waals surface area (Å²) >= 11 is 0. The molecule has 0 saturated carbocycles. The Bertz CT molecular complexity index is 380. The maximum absolute atomic E-state index is 4.36. The minimum atomic E-state index is 0. The van der Waals surface area contributed by atoms with Crippen LogP contribution in [-0.4, -0.2) is 32.8 Å². The number of fused-ring (bicyclic) bond motifs is 2. The van der Waals surface area contributed by atoms with E-state index in [1.165, 1.54) is 31.6 Å². The number of hydrogen-bond donors (Lipinski definition) is 0. The Kier molecular flexibility index (Phi) is 4.21. The average Bonchev–Trinajstić information content (AvgIpc) is 2.66. The Hall–Kier alpha value is -0.740. The van der Waals surface area contributed by atoms with E-state index in [0.29, 0.717) is 5.92 Å². The highest BCUT2D eigenvalue weighted by Gasteiger charge is 2.28. The van der Waals surface area contributed by atoms with Gasteiger partial charge in [-0.1, -0.05) is 0 Å². The monoisotopic (exact) mass is 262 g/mol. The van der Waals surface area contributed by atoms with Crippen molar-refractivity contribution in [3.05, 3.63) is 18.4 Å². The molecule has 0 N–H and O–H groups in total. The topological polar surface area (TPSA) is 34.0 Å². The molecule has 1 saturated heterocycles. The number of aryl methyl sites for hydroxylation is 1. The van der Waals surface area contributed by atoms with Crippen molar-refractivity contribution in [3.63, 3.8) is 0 Å². The zero-order chi connectivity index (χ0) is 9.54. The summed E-state index contributed by atoms with van der Waals surface area (Å²) in [6.45, 7) is 4.35. The predicted molar refractivity (Wildman–Crippen MR) is 67.8 cm³/mol. The number of hydrogen-bond acceptors (Lipinski definition) is 3. The second-order valence-corrected chi connectivity index (χ2v) is 4.10. The Labute approximate surface area is 108 Å². The summed E-state index contributed by atoms with van der Waals surface area (Å²) in [6.07, 6.45) is 6.60. The van der Waals surface area contributed by atoms with Crippen LogP contribution in [0.1, 0.15) is 18.7 Å². The van der Waals surface area contributed by atoms with Crippen molar-refractivity contribution < 1.29 is 0 Å². The number of aromatic nitrogens is 3. The van der Waals surface area contributed by atoms with Crippen LogP contribution in [0.2, 0.25) is 0 Å². The summed E-state index contributed by atoms with van der Waals surface area (Å²) in [5, 5.41) is 4.36. The van der Waals surface area contributed by atoms with Crippen LogP contribution in [0.5, 0.6) is 0 Å². The van der Waals surface area contributed by atoms with Crippen LogP contribution in [0.3, 0.4) is 0 Å². The third-order valence-corrected chi connectivity index (χ3v) is 3.13. The zero-order valence-corrected chi connectivity index (χ0v) is 10.8. The molecule has 4 nitrogen and oxygen atoms in total. The van der Waals surface area contributed by atoms with Gasteiger partial charge in [0, 0.05) is 25.2 Å². The quantitative estimate of drug-likeness (QED) is 0.776. The van der Waals surface area contributed by atoms with Crippen LogP contribution >= 0.6 is 24.8 Å². The Morgan fingerprint density at radius 2 is 1.94 bits per heavy atom. The van der Waals surface area contributed by atoms with Gasteiger partial charge in [0.2, 0.25) is 0 Å². The van der Waals surface area contributed by atoms with E-state index in [4.69, 9.17) is 0 Å². The lowest BCUT2D eigenvalue weighted by atomic mass is 9.90. The summed E-state index contributed by atoms with van der Waals surface area (Å²) in [4.78, 5) is 6.55. The van der Waals surface area contributed by atoms with Gasteiger partial charge in [-0.3, -0.25) is 0 Å². The summed E-state index contributed by atoms with van der Waals surface area (Å²) in [6, 6.07) is 0. The van der Waals surface area contributed by atoms with Gasteiger partial charge in [0.05, 0.1) is 5.70 Å². The number of allylic oxidation sites excluding steroid dienone is 1. The highest BCUT2D eigenvalue weighted by atomic mass is 35.5. The fraction of sp³-hybridized carbons (Fsp3) is 0.600. The summed E-state index contributed by atoms with van der Waals surface area (Å²) < 4.78 is 1.94. The summed E-state index contributed by atoms with van der Waals surface area (Å²) in [7, 11) is 0. The molecule has 0 spiro atoms. The van der Waals surface area contributed by atoms with E-state index in [1.54, 1.807) is 0 Å². The lowest BCUT2D eigenvalue weighted by Crippen LogP contribution is -2.36. The van der Waals surface area contributed by atoms with E-state index < -0.39 is 0 Å². The van der Waals surface area contributed by atoms with Crippen LogP contribution in [0.4, 0.5) is 0 Å². The molecule has 6 heteroatoms. The normalized spacial score (nSPS) is 18.8. The third-order valence-electron chi connectivity index (χ3n) is 3.13. The standard InChI is InChI=1S/C10H14N4.2ClH/c1-8-11-7-14(12-8)10-6-13-4-2-9(10)3-5-13;;/h6-7,9H,2-5H2,1H3;2*1H. The molecule has 1 fully saturated rings. The van der Waals surface area contributed by atoms with Crippen molar-refractivity contribution >= 4 is 30.5 Å². The molecule has 0 atom stereocenters. The molecule has 0 aromatic carbocycles. The van der Waals surface area contributed by atoms with E-state index >= 15 is 0 Å². The van der Waals surface area contributed by atoms with Gasteiger partial charge in [-0.15, -0.1) is 24.8 Å². The second-order valence-electron chi connectivity index (χ2n) is 4.10. The van der Waals surface area contributed by atoms with Gasteiger partial charge in [0.15, 0.2) is 0 Å². The highest BCUT2D eigenvalue weighted by molar-refractivity contribution is 5.85. The molecular weight excluding hydrogens is 247 g/mol. The molecule has 4 rings (SSSR count). The lowest BCUT2D eigenvalue weighted by Gasteiger charge is -2.38. The van der Waals surface area contributed by atoms with Gasteiger partial charge in [-0.05, 0) is 19.8 Å². The third kappa shape index (κ3) is 2.18. The van der Waals surface area contributed by atoms with Gasteiger partial charge >= 0.3 is 0 Å². The second kappa shape index (κ2) is 5.06. The molecule has 16 heavy (non-hydrogen) atoms. The van der Waals surface area contributed by atoms with E-state index in [0.717, 1.165) is 5.82 Å².